The Morgan fingerprint density at radius 3 is 2.67 bits per heavy atom. The van der Waals surface area contributed by atoms with Crippen LogP contribution in [0, 0.1) is 11.3 Å². The second-order valence-corrected chi connectivity index (χ2v) is 5.47. The molecule has 2 heterocycles. The molecule has 0 aromatic carbocycles. The van der Waals surface area contributed by atoms with E-state index in [0.29, 0.717) is 5.57 Å². The van der Waals surface area contributed by atoms with Gasteiger partial charge in [-0.25, -0.2) is 4.99 Å². The first-order valence-corrected chi connectivity index (χ1v) is 5.70. The van der Waals surface area contributed by atoms with Gasteiger partial charge in [-0.15, -0.1) is 0 Å². The second kappa shape index (κ2) is 3.72. The lowest BCUT2D eigenvalue weighted by molar-refractivity contribution is -0.124. The number of guanidine groups is 1. The van der Waals surface area contributed by atoms with Crippen molar-refractivity contribution in [3.8, 4) is 0 Å². The van der Waals surface area contributed by atoms with Crippen LogP contribution in [0.4, 0.5) is 0 Å². The van der Waals surface area contributed by atoms with Gasteiger partial charge in [-0.3, -0.25) is 15.5 Å². The number of nitrogens with two attached hydrogens (primary N) is 2. The first-order chi connectivity index (χ1) is 8.21. The summed E-state index contributed by atoms with van der Waals surface area (Å²) in [6, 6.07) is 0. The van der Waals surface area contributed by atoms with Gasteiger partial charge in [0.2, 0.25) is 5.91 Å². The number of fused-ring (bicyclic) bond motifs is 1. The van der Waals surface area contributed by atoms with Gasteiger partial charge >= 0.3 is 0 Å². The molecule has 7 nitrogen and oxygen atoms in total. The smallest absolute Gasteiger partial charge is 0.238 e. The summed E-state index contributed by atoms with van der Waals surface area (Å²) < 4.78 is 0. The van der Waals surface area contributed by atoms with Crippen molar-refractivity contribution < 1.29 is 4.79 Å². The monoisotopic (exact) mass is 250 g/mol. The molecular formula is C11H18N6O. The van der Waals surface area contributed by atoms with Gasteiger partial charge in [0.15, 0.2) is 5.96 Å². The van der Waals surface area contributed by atoms with Crippen LogP contribution in [-0.4, -0.2) is 34.3 Å². The third-order valence-electron chi connectivity index (χ3n) is 3.09. The maximum atomic E-state index is 12.0. The number of amides is 1. The van der Waals surface area contributed by atoms with Crippen molar-refractivity contribution in [1.82, 2.24) is 10.2 Å². The van der Waals surface area contributed by atoms with E-state index in [1.165, 1.54) is 0 Å². The number of hydrogen-bond donors (Lipinski definition) is 4. The van der Waals surface area contributed by atoms with Crippen molar-refractivity contribution >= 4 is 17.7 Å². The Hall–Kier alpha value is -2.05. The van der Waals surface area contributed by atoms with Crippen LogP contribution in [0.5, 0.6) is 0 Å². The molecule has 98 valence electrons. The van der Waals surface area contributed by atoms with Gasteiger partial charge < -0.3 is 16.4 Å². The Morgan fingerprint density at radius 2 is 2.17 bits per heavy atom. The van der Waals surface area contributed by atoms with Crippen LogP contribution in [0.2, 0.25) is 0 Å². The van der Waals surface area contributed by atoms with Gasteiger partial charge in [0.1, 0.15) is 17.9 Å². The number of aliphatic imine (C=N–C) groups is 1. The van der Waals surface area contributed by atoms with Crippen LogP contribution in [-0.2, 0) is 4.79 Å². The summed E-state index contributed by atoms with van der Waals surface area (Å²) in [5, 5.41) is 10.0. The van der Waals surface area contributed by atoms with E-state index in [1.54, 1.807) is 6.20 Å². The number of nitrogens with one attached hydrogen (secondary N) is 2. The predicted octanol–water partition coefficient (Wildman–Crippen LogP) is -0.693. The molecule has 0 aromatic rings. The minimum Gasteiger partial charge on any atom is -0.384 e. The van der Waals surface area contributed by atoms with E-state index in [4.69, 9.17) is 16.9 Å². The highest BCUT2D eigenvalue weighted by molar-refractivity contribution is 6.07. The van der Waals surface area contributed by atoms with Crippen LogP contribution in [0.1, 0.15) is 20.8 Å². The average Bonchev–Trinajstić information content (AvgIpc) is 2.55. The molecule has 18 heavy (non-hydrogen) atoms. The Morgan fingerprint density at radius 1 is 1.56 bits per heavy atom. The molecule has 0 radical (unpaired) electrons. The molecule has 2 rings (SSSR count). The number of rotatable bonds is 1. The topological polar surface area (TPSA) is 121 Å². The second-order valence-electron chi connectivity index (χ2n) is 5.47. The van der Waals surface area contributed by atoms with E-state index in [-0.39, 0.29) is 23.2 Å². The highest BCUT2D eigenvalue weighted by Crippen LogP contribution is 2.35. The fourth-order valence-corrected chi connectivity index (χ4v) is 2.25. The van der Waals surface area contributed by atoms with Gasteiger partial charge in [-0.2, -0.15) is 0 Å². The highest BCUT2D eigenvalue weighted by atomic mass is 16.2. The van der Waals surface area contributed by atoms with Crippen molar-refractivity contribution in [3.63, 3.8) is 0 Å². The SMILES string of the molecule is CC(C)(C)N1C=C(C(=N)N)C2C(=O)NC(N)=NC21. The molecule has 1 amide bonds. The van der Waals surface area contributed by atoms with Crippen molar-refractivity contribution in [2.75, 3.05) is 0 Å². The Balaban J connectivity index is 2.49. The Kier molecular flexibility index (Phi) is 2.57. The van der Waals surface area contributed by atoms with Crippen LogP contribution in [0.15, 0.2) is 16.8 Å². The average molecular weight is 250 g/mol. The van der Waals surface area contributed by atoms with Crippen molar-refractivity contribution in [2.45, 2.75) is 32.5 Å². The predicted molar refractivity (Wildman–Crippen MR) is 68.6 cm³/mol. The fraction of sp³-hybridized carbons (Fsp3) is 0.545. The summed E-state index contributed by atoms with van der Waals surface area (Å²) in [5.74, 6) is -0.828. The van der Waals surface area contributed by atoms with Crippen LogP contribution < -0.4 is 16.8 Å². The van der Waals surface area contributed by atoms with E-state index in [9.17, 15) is 4.79 Å². The number of nitrogens with zero attached hydrogens (tertiary/aromatic N) is 2. The molecule has 0 saturated carbocycles. The summed E-state index contributed by atoms with van der Waals surface area (Å²) in [6.07, 6.45) is 1.32. The van der Waals surface area contributed by atoms with Crippen molar-refractivity contribution in [1.29, 1.82) is 5.41 Å². The summed E-state index contributed by atoms with van der Waals surface area (Å²) in [6.45, 7) is 6.01. The lowest BCUT2D eigenvalue weighted by Gasteiger charge is -2.38. The number of carbonyl (C=O) groups is 1. The molecule has 2 atom stereocenters. The van der Waals surface area contributed by atoms with E-state index in [2.05, 4.69) is 10.3 Å². The maximum absolute atomic E-state index is 12.0. The molecule has 0 bridgehead atoms. The van der Waals surface area contributed by atoms with E-state index >= 15 is 0 Å². The molecule has 2 aliphatic rings. The zero-order chi connectivity index (χ0) is 13.7. The lowest BCUT2D eigenvalue weighted by Crippen LogP contribution is -2.54. The molecule has 0 aromatic heterocycles. The van der Waals surface area contributed by atoms with Gasteiger partial charge in [-0.1, -0.05) is 0 Å². The molecule has 0 aliphatic carbocycles. The molecule has 2 aliphatic heterocycles. The third-order valence-corrected chi connectivity index (χ3v) is 3.09. The van der Waals surface area contributed by atoms with Crippen LogP contribution >= 0.6 is 0 Å². The van der Waals surface area contributed by atoms with Crippen LogP contribution in [0.25, 0.3) is 0 Å². The van der Waals surface area contributed by atoms with Gasteiger partial charge in [0.05, 0.1) is 0 Å². The maximum Gasteiger partial charge on any atom is 0.238 e. The van der Waals surface area contributed by atoms with E-state index < -0.39 is 12.1 Å². The molecular weight excluding hydrogens is 232 g/mol. The molecule has 0 spiro atoms. The first-order valence-electron chi connectivity index (χ1n) is 5.70. The number of hydrogen-bond acceptors (Lipinski definition) is 5. The number of carbonyl (C=O) groups excluding carboxylic acids is 1. The third kappa shape index (κ3) is 1.81. The van der Waals surface area contributed by atoms with Crippen LogP contribution in [0.3, 0.4) is 0 Å². The largest absolute Gasteiger partial charge is 0.384 e. The van der Waals surface area contributed by atoms with Gasteiger partial charge in [0.25, 0.3) is 0 Å². The first kappa shape index (κ1) is 12.4. The van der Waals surface area contributed by atoms with E-state index in [1.807, 2.05) is 25.7 Å². The minimum atomic E-state index is -0.561. The molecule has 7 heteroatoms. The highest BCUT2D eigenvalue weighted by Gasteiger charge is 2.46. The Bertz CT molecular complexity index is 472. The summed E-state index contributed by atoms with van der Waals surface area (Å²) in [4.78, 5) is 18.2. The summed E-state index contributed by atoms with van der Waals surface area (Å²) >= 11 is 0. The van der Waals surface area contributed by atoms with E-state index in [0.717, 1.165) is 0 Å². The zero-order valence-corrected chi connectivity index (χ0v) is 10.7. The standard InChI is InChI=1S/C11H18N6O/c1-11(2,3)17-4-5(7(12)13)6-8(17)15-10(14)16-9(6)18/h4,6,8H,1-3H3,(H3,12,13)(H3,14,15,16,18). The van der Waals surface area contributed by atoms with Crippen molar-refractivity contribution in [2.24, 2.45) is 22.4 Å². The van der Waals surface area contributed by atoms with Gasteiger partial charge in [0, 0.05) is 17.3 Å². The quantitative estimate of drug-likeness (QED) is 0.363. The van der Waals surface area contributed by atoms with Crippen molar-refractivity contribution in [3.05, 3.63) is 11.8 Å². The van der Waals surface area contributed by atoms with Gasteiger partial charge in [-0.05, 0) is 20.8 Å². The normalized spacial score (nSPS) is 27.3. The molecule has 2 unspecified atom stereocenters. The molecule has 0 fully saturated rings. The minimum absolute atomic E-state index is 0.105. The Labute approximate surface area is 105 Å². The lowest BCUT2D eigenvalue weighted by atomic mass is 9.95. The fourth-order valence-electron chi connectivity index (χ4n) is 2.25. The zero-order valence-electron chi connectivity index (χ0n) is 10.7. The summed E-state index contributed by atoms with van der Waals surface area (Å²) in [7, 11) is 0. The molecule has 0 saturated heterocycles. The molecule has 6 N–H and O–H groups in total. The number of amidine groups is 1. The summed E-state index contributed by atoms with van der Waals surface area (Å²) in [5.41, 5.74) is 11.4.